The van der Waals surface area contributed by atoms with E-state index < -0.39 is 5.97 Å². The van der Waals surface area contributed by atoms with Gasteiger partial charge in [-0.25, -0.2) is 9.97 Å². The highest BCUT2D eigenvalue weighted by Crippen LogP contribution is 2.29. The first-order valence-electron chi connectivity index (χ1n) is 5.95. The second kappa shape index (κ2) is 4.94. The van der Waals surface area contributed by atoms with E-state index in [-0.39, 0.29) is 6.54 Å². The molecule has 0 aliphatic rings. The maximum absolute atomic E-state index is 11.1. The SMILES string of the molecule is O=C(O)Cn1c(-c2ccccc2Cl)nc2cccnc21. The molecule has 0 fully saturated rings. The molecule has 0 saturated heterocycles. The number of fused-ring (bicyclic) bond motifs is 1. The zero-order valence-electron chi connectivity index (χ0n) is 10.3. The number of halogens is 1. The van der Waals surface area contributed by atoms with Gasteiger partial charge in [0.15, 0.2) is 5.65 Å². The molecule has 0 aliphatic heterocycles. The first-order valence-corrected chi connectivity index (χ1v) is 6.32. The summed E-state index contributed by atoms with van der Waals surface area (Å²) in [5.74, 6) is -0.449. The summed E-state index contributed by atoms with van der Waals surface area (Å²) < 4.78 is 1.55. The molecule has 5 nitrogen and oxygen atoms in total. The molecule has 0 aliphatic carbocycles. The van der Waals surface area contributed by atoms with Crippen molar-refractivity contribution in [3.8, 4) is 11.4 Å². The minimum Gasteiger partial charge on any atom is -0.480 e. The molecule has 0 radical (unpaired) electrons. The Bertz CT molecular complexity index is 798. The highest BCUT2D eigenvalue weighted by atomic mass is 35.5. The maximum atomic E-state index is 11.1. The molecule has 0 bridgehead atoms. The molecule has 3 rings (SSSR count). The van der Waals surface area contributed by atoms with Crippen LogP contribution in [0, 0.1) is 0 Å². The van der Waals surface area contributed by atoms with Crippen molar-refractivity contribution in [2.45, 2.75) is 6.54 Å². The zero-order chi connectivity index (χ0) is 14.1. The standard InChI is InChI=1S/C14H10ClN3O2/c15-10-5-2-1-4-9(10)13-17-11-6-3-7-16-14(11)18(13)8-12(19)20/h1-7H,8H2,(H,19,20). The quantitative estimate of drug-likeness (QED) is 0.804. The number of hydrogen-bond donors (Lipinski definition) is 1. The van der Waals surface area contributed by atoms with Gasteiger partial charge in [-0.3, -0.25) is 9.36 Å². The minimum atomic E-state index is -0.955. The van der Waals surface area contributed by atoms with Gasteiger partial charge >= 0.3 is 5.97 Å². The van der Waals surface area contributed by atoms with Crippen molar-refractivity contribution in [2.75, 3.05) is 0 Å². The van der Waals surface area contributed by atoms with Crippen molar-refractivity contribution in [2.24, 2.45) is 0 Å². The Hall–Kier alpha value is -2.40. The number of carboxylic acids is 1. The number of aromatic nitrogens is 3. The second-order valence-electron chi connectivity index (χ2n) is 4.24. The summed E-state index contributed by atoms with van der Waals surface area (Å²) in [6.07, 6.45) is 1.61. The Labute approximate surface area is 119 Å². The van der Waals surface area contributed by atoms with Gasteiger partial charge in [0.25, 0.3) is 0 Å². The van der Waals surface area contributed by atoms with Gasteiger partial charge in [0, 0.05) is 11.8 Å². The van der Waals surface area contributed by atoms with E-state index in [1.54, 1.807) is 29.0 Å². The van der Waals surface area contributed by atoms with Gasteiger partial charge in [0.1, 0.15) is 17.9 Å². The number of nitrogens with zero attached hydrogens (tertiary/aromatic N) is 3. The molecule has 3 aromatic rings. The predicted octanol–water partition coefficient (Wildman–Crippen LogP) is 2.84. The van der Waals surface area contributed by atoms with Crippen LogP contribution in [0.3, 0.4) is 0 Å². The molecule has 0 amide bonds. The van der Waals surface area contributed by atoms with Crippen LogP contribution in [0.1, 0.15) is 0 Å². The van der Waals surface area contributed by atoms with Crippen LogP contribution in [0.4, 0.5) is 0 Å². The summed E-state index contributed by atoms with van der Waals surface area (Å²) in [5, 5.41) is 9.60. The van der Waals surface area contributed by atoms with E-state index in [1.807, 2.05) is 18.2 Å². The summed E-state index contributed by atoms with van der Waals surface area (Å²) in [4.78, 5) is 19.7. The van der Waals surface area contributed by atoms with Crippen LogP contribution in [0.15, 0.2) is 42.6 Å². The molecule has 0 saturated carbocycles. The van der Waals surface area contributed by atoms with Crippen LogP contribution < -0.4 is 0 Å². The van der Waals surface area contributed by atoms with Crippen LogP contribution >= 0.6 is 11.6 Å². The van der Waals surface area contributed by atoms with Crippen molar-refractivity contribution in [3.05, 3.63) is 47.6 Å². The third-order valence-electron chi connectivity index (χ3n) is 2.91. The van der Waals surface area contributed by atoms with Crippen LogP contribution in [-0.4, -0.2) is 25.6 Å². The summed E-state index contributed by atoms with van der Waals surface area (Å²) in [7, 11) is 0. The average molecular weight is 288 g/mol. The van der Waals surface area contributed by atoms with Crippen molar-refractivity contribution >= 4 is 28.7 Å². The lowest BCUT2D eigenvalue weighted by Gasteiger charge is -2.07. The van der Waals surface area contributed by atoms with Gasteiger partial charge in [-0.2, -0.15) is 0 Å². The molecule has 2 heterocycles. The van der Waals surface area contributed by atoms with Gasteiger partial charge in [0.05, 0.1) is 5.02 Å². The molecule has 0 unspecified atom stereocenters. The Kier molecular flexibility index (Phi) is 3.12. The van der Waals surface area contributed by atoms with E-state index in [9.17, 15) is 4.79 Å². The number of aliphatic carboxylic acids is 1. The van der Waals surface area contributed by atoms with Gasteiger partial charge in [-0.15, -0.1) is 0 Å². The lowest BCUT2D eigenvalue weighted by molar-refractivity contribution is -0.137. The van der Waals surface area contributed by atoms with Crippen molar-refractivity contribution in [1.29, 1.82) is 0 Å². The molecule has 1 aromatic carbocycles. The Balaban J connectivity index is 2.29. The highest BCUT2D eigenvalue weighted by Gasteiger charge is 2.17. The molecule has 100 valence electrons. The van der Waals surface area contributed by atoms with E-state index in [1.165, 1.54) is 0 Å². The number of imidazole rings is 1. The van der Waals surface area contributed by atoms with Gasteiger partial charge in [-0.05, 0) is 24.3 Å². The van der Waals surface area contributed by atoms with Gasteiger partial charge < -0.3 is 5.11 Å². The summed E-state index contributed by atoms with van der Waals surface area (Å²) in [6.45, 7) is -0.214. The van der Waals surface area contributed by atoms with Crippen LogP contribution in [0.25, 0.3) is 22.6 Å². The maximum Gasteiger partial charge on any atom is 0.323 e. The molecule has 2 aromatic heterocycles. The first-order chi connectivity index (χ1) is 9.66. The number of hydrogen-bond acceptors (Lipinski definition) is 3. The van der Waals surface area contributed by atoms with E-state index in [0.717, 1.165) is 0 Å². The lowest BCUT2D eigenvalue weighted by Crippen LogP contribution is -2.10. The summed E-state index contributed by atoms with van der Waals surface area (Å²) in [5.41, 5.74) is 1.86. The molecule has 0 spiro atoms. The Morgan fingerprint density at radius 2 is 2.05 bits per heavy atom. The monoisotopic (exact) mass is 287 g/mol. The fourth-order valence-electron chi connectivity index (χ4n) is 2.09. The van der Waals surface area contributed by atoms with E-state index in [4.69, 9.17) is 16.7 Å². The fraction of sp³-hybridized carbons (Fsp3) is 0.0714. The van der Waals surface area contributed by atoms with Crippen LogP contribution in [0.5, 0.6) is 0 Å². The van der Waals surface area contributed by atoms with Crippen LogP contribution in [-0.2, 0) is 11.3 Å². The molecule has 0 atom stereocenters. The fourth-order valence-corrected chi connectivity index (χ4v) is 2.31. The Morgan fingerprint density at radius 3 is 2.80 bits per heavy atom. The minimum absolute atomic E-state index is 0.214. The van der Waals surface area contributed by atoms with Crippen LogP contribution in [0.2, 0.25) is 5.02 Å². The molecule has 20 heavy (non-hydrogen) atoms. The average Bonchev–Trinajstić information content (AvgIpc) is 2.78. The zero-order valence-corrected chi connectivity index (χ0v) is 11.1. The van der Waals surface area contributed by atoms with E-state index in [0.29, 0.717) is 27.6 Å². The molecular weight excluding hydrogens is 278 g/mol. The van der Waals surface area contributed by atoms with E-state index in [2.05, 4.69) is 9.97 Å². The van der Waals surface area contributed by atoms with Crippen molar-refractivity contribution in [1.82, 2.24) is 14.5 Å². The lowest BCUT2D eigenvalue weighted by atomic mass is 10.2. The summed E-state index contributed by atoms with van der Waals surface area (Å²) in [6, 6.07) is 10.8. The third kappa shape index (κ3) is 2.12. The third-order valence-corrected chi connectivity index (χ3v) is 3.24. The normalized spacial score (nSPS) is 10.8. The molecular formula is C14H10ClN3O2. The number of benzene rings is 1. The predicted molar refractivity (Wildman–Crippen MR) is 75.6 cm³/mol. The van der Waals surface area contributed by atoms with Crippen molar-refractivity contribution < 1.29 is 9.90 Å². The number of carbonyl (C=O) groups is 1. The second-order valence-corrected chi connectivity index (χ2v) is 4.65. The highest BCUT2D eigenvalue weighted by molar-refractivity contribution is 6.33. The van der Waals surface area contributed by atoms with E-state index >= 15 is 0 Å². The first kappa shape index (κ1) is 12.6. The number of carboxylic acid groups (broad SMARTS) is 1. The smallest absolute Gasteiger partial charge is 0.323 e. The van der Waals surface area contributed by atoms with Gasteiger partial charge in [0.2, 0.25) is 0 Å². The molecule has 6 heteroatoms. The summed E-state index contributed by atoms with van der Waals surface area (Å²) >= 11 is 6.17. The topological polar surface area (TPSA) is 68.0 Å². The Morgan fingerprint density at radius 1 is 1.25 bits per heavy atom. The number of rotatable bonds is 3. The largest absolute Gasteiger partial charge is 0.480 e. The van der Waals surface area contributed by atoms with Crippen molar-refractivity contribution in [3.63, 3.8) is 0 Å². The molecule has 1 N–H and O–H groups in total. The van der Waals surface area contributed by atoms with Gasteiger partial charge in [-0.1, -0.05) is 23.7 Å². The number of pyridine rings is 1.